The lowest BCUT2D eigenvalue weighted by Crippen LogP contribution is -2.48. The highest BCUT2D eigenvalue weighted by molar-refractivity contribution is 5.77. The van der Waals surface area contributed by atoms with Crippen molar-refractivity contribution >= 4 is 5.91 Å². The fourth-order valence-corrected chi connectivity index (χ4v) is 3.72. The van der Waals surface area contributed by atoms with Crippen molar-refractivity contribution in [2.75, 3.05) is 40.4 Å². The molecule has 0 saturated carbocycles. The number of methoxy groups -OCH3 is 2. The van der Waals surface area contributed by atoms with Crippen molar-refractivity contribution in [3.63, 3.8) is 0 Å². The first kappa shape index (κ1) is 20.2. The van der Waals surface area contributed by atoms with Crippen LogP contribution in [0.1, 0.15) is 30.4 Å². The third-order valence-electron chi connectivity index (χ3n) is 5.43. The van der Waals surface area contributed by atoms with E-state index in [9.17, 15) is 4.79 Å². The zero-order valence-corrected chi connectivity index (χ0v) is 17.1. The van der Waals surface area contributed by atoms with Crippen LogP contribution >= 0.6 is 0 Å². The van der Waals surface area contributed by atoms with Crippen molar-refractivity contribution in [2.24, 2.45) is 0 Å². The predicted molar refractivity (Wildman–Crippen MR) is 111 cm³/mol. The number of hydrogen-bond donors (Lipinski definition) is 0. The van der Waals surface area contributed by atoms with Crippen LogP contribution in [0.3, 0.4) is 0 Å². The summed E-state index contributed by atoms with van der Waals surface area (Å²) in [5, 5.41) is 0. The maximum atomic E-state index is 12.8. The number of rotatable bonds is 7. The molecule has 1 aliphatic rings. The number of hydrogen-bond acceptors (Lipinski definition) is 4. The van der Waals surface area contributed by atoms with E-state index in [2.05, 4.69) is 36.1 Å². The summed E-state index contributed by atoms with van der Waals surface area (Å²) in [5.74, 6) is 1.83. The van der Waals surface area contributed by atoms with Crippen LogP contribution in [0.25, 0.3) is 0 Å². The van der Waals surface area contributed by atoms with Crippen molar-refractivity contribution in [1.29, 1.82) is 0 Å². The topological polar surface area (TPSA) is 42.0 Å². The Hall–Kier alpha value is -2.53. The normalized spacial score (nSPS) is 15.9. The largest absolute Gasteiger partial charge is 0.497 e. The standard InChI is InChI=1S/C23H30N2O3/c1-18(21-10-9-20(27-2)16-22(21)28-3)15-23(26)25-13-11-24(12-14-25)17-19-7-5-4-6-8-19/h4-10,16,18H,11-15,17H2,1-3H3. The lowest BCUT2D eigenvalue weighted by molar-refractivity contribution is -0.133. The minimum absolute atomic E-state index is 0.0932. The van der Waals surface area contributed by atoms with Crippen molar-refractivity contribution < 1.29 is 14.3 Å². The molecule has 0 aromatic heterocycles. The van der Waals surface area contributed by atoms with Gasteiger partial charge in [-0.1, -0.05) is 43.3 Å². The summed E-state index contributed by atoms with van der Waals surface area (Å²) in [6, 6.07) is 16.3. The fraction of sp³-hybridized carbons (Fsp3) is 0.435. The van der Waals surface area contributed by atoms with Crippen LogP contribution in [0, 0.1) is 0 Å². The number of benzene rings is 2. The molecule has 1 atom stereocenters. The van der Waals surface area contributed by atoms with Crippen LogP contribution in [0.4, 0.5) is 0 Å². The smallest absolute Gasteiger partial charge is 0.223 e. The van der Waals surface area contributed by atoms with Gasteiger partial charge in [0, 0.05) is 45.2 Å². The van der Waals surface area contributed by atoms with E-state index in [0.29, 0.717) is 6.42 Å². The summed E-state index contributed by atoms with van der Waals surface area (Å²) in [4.78, 5) is 17.2. The van der Waals surface area contributed by atoms with E-state index in [4.69, 9.17) is 9.47 Å². The van der Waals surface area contributed by atoms with Gasteiger partial charge in [-0.05, 0) is 23.1 Å². The SMILES string of the molecule is COc1ccc(C(C)CC(=O)N2CCN(Cc3ccccc3)CC2)c(OC)c1. The Kier molecular flexibility index (Phi) is 6.93. The Labute approximate surface area is 167 Å². The predicted octanol–water partition coefficient (Wildman–Crippen LogP) is 3.54. The molecule has 1 heterocycles. The molecule has 5 heteroatoms. The van der Waals surface area contributed by atoms with Gasteiger partial charge in [0.2, 0.25) is 5.91 Å². The van der Waals surface area contributed by atoms with Gasteiger partial charge in [-0.2, -0.15) is 0 Å². The molecule has 5 nitrogen and oxygen atoms in total. The molecule has 2 aromatic carbocycles. The van der Waals surface area contributed by atoms with Gasteiger partial charge in [0.25, 0.3) is 0 Å². The first-order chi connectivity index (χ1) is 13.6. The lowest BCUT2D eigenvalue weighted by atomic mass is 9.95. The minimum Gasteiger partial charge on any atom is -0.497 e. The molecule has 0 N–H and O–H groups in total. The van der Waals surface area contributed by atoms with Gasteiger partial charge >= 0.3 is 0 Å². The minimum atomic E-state index is 0.0932. The second kappa shape index (κ2) is 9.60. The van der Waals surface area contributed by atoms with Gasteiger partial charge in [-0.15, -0.1) is 0 Å². The molecule has 1 aliphatic heterocycles. The molecule has 1 saturated heterocycles. The molecule has 1 unspecified atom stereocenters. The summed E-state index contributed by atoms with van der Waals surface area (Å²) in [5.41, 5.74) is 2.36. The van der Waals surface area contributed by atoms with Crippen LogP contribution in [-0.2, 0) is 11.3 Å². The maximum absolute atomic E-state index is 12.8. The second-order valence-electron chi connectivity index (χ2n) is 7.36. The van der Waals surface area contributed by atoms with Crippen LogP contribution in [0.2, 0.25) is 0 Å². The first-order valence-corrected chi connectivity index (χ1v) is 9.86. The van der Waals surface area contributed by atoms with Crippen molar-refractivity contribution in [3.05, 3.63) is 59.7 Å². The van der Waals surface area contributed by atoms with Gasteiger partial charge in [0.15, 0.2) is 0 Å². The molecule has 1 amide bonds. The average molecular weight is 383 g/mol. The number of piperazine rings is 1. The zero-order valence-electron chi connectivity index (χ0n) is 17.1. The van der Waals surface area contributed by atoms with E-state index >= 15 is 0 Å². The number of nitrogens with zero attached hydrogens (tertiary/aromatic N) is 2. The Bertz CT molecular complexity index is 771. The van der Waals surface area contributed by atoms with E-state index in [-0.39, 0.29) is 11.8 Å². The van der Waals surface area contributed by atoms with Crippen LogP contribution < -0.4 is 9.47 Å². The van der Waals surface area contributed by atoms with E-state index in [1.165, 1.54) is 5.56 Å². The van der Waals surface area contributed by atoms with Crippen molar-refractivity contribution in [2.45, 2.75) is 25.8 Å². The van der Waals surface area contributed by atoms with Gasteiger partial charge in [0.1, 0.15) is 11.5 Å². The van der Waals surface area contributed by atoms with Crippen molar-refractivity contribution in [3.8, 4) is 11.5 Å². The molecule has 0 aliphatic carbocycles. The summed E-state index contributed by atoms with van der Waals surface area (Å²) in [7, 11) is 3.29. The molecule has 1 fully saturated rings. The first-order valence-electron chi connectivity index (χ1n) is 9.86. The van der Waals surface area contributed by atoms with Gasteiger partial charge in [-0.25, -0.2) is 0 Å². The van der Waals surface area contributed by atoms with E-state index < -0.39 is 0 Å². The van der Waals surface area contributed by atoms with E-state index in [1.807, 2.05) is 29.2 Å². The Morgan fingerprint density at radius 3 is 2.36 bits per heavy atom. The third-order valence-corrected chi connectivity index (χ3v) is 5.43. The monoisotopic (exact) mass is 382 g/mol. The molecule has 0 bridgehead atoms. The van der Waals surface area contributed by atoms with Crippen LogP contribution in [0.5, 0.6) is 11.5 Å². The number of ether oxygens (including phenoxy) is 2. The second-order valence-corrected chi connectivity index (χ2v) is 7.36. The number of carbonyl (C=O) groups excluding carboxylic acids is 1. The maximum Gasteiger partial charge on any atom is 0.223 e. The number of carbonyl (C=O) groups is 1. The third kappa shape index (κ3) is 5.04. The quantitative estimate of drug-likeness (QED) is 0.735. The lowest BCUT2D eigenvalue weighted by Gasteiger charge is -2.35. The van der Waals surface area contributed by atoms with Crippen LogP contribution in [-0.4, -0.2) is 56.1 Å². The highest BCUT2D eigenvalue weighted by Crippen LogP contribution is 2.32. The van der Waals surface area contributed by atoms with Gasteiger partial charge in [-0.3, -0.25) is 9.69 Å². The molecule has 3 rings (SSSR count). The highest BCUT2D eigenvalue weighted by Gasteiger charge is 2.24. The summed E-state index contributed by atoms with van der Waals surface area (Å²) in [6.07, 6.45) is 0.487. The molecule has 28 heavy (non-hydrogen) atoms. The van der Waals surface area contributed by atoms with E-state index in [0.717, 1.165) is 49.8 Å². The number of amides is 1. The fourth-order valence-electron chi connectivity index (χ4n) is 3.72. The summed E-state index contributed by atoms with van der Waals surface area (Å²) >= 11 is 0. The molecule has 0 spiro atoms. The molecule has 0 radical (unpaired) electrons. The highest BCUT2D eigenvalue weighted by atomic mass is 16.5. The molecular formula is C23H30N2O3. The Morgan fingerprint density at radius 1 is 1.00 bits per heavy atom. The zero-order chi connectivity index (χ0) is 19.9. The Morgan fingerprint density at radius 2 is 1.71 bits per heavy atom. The van der Waals surface area contributed by atoms with Gasteiger partial charge < -0.3 is 14.4 Å². The van der Waals surface area contributed by atoms with Crippen molar-refractivity contribution in [1.82, 2.24) is 9.80 Å². The van der Waals surface area contributed by atoms with Gasteiger partial charge in [0.05, 0.1) is 14.2 Å². The van der Waals surface area contributed by atoms with Crippen LogP contribution in [0.15, 0.2) is 48.5 Å². The van der Waals surface area contributed by atoms with E-state index in [1.54, 1.807) is 14.2 Å². The molecule has 150 valence electrons. The summed E-state index contributed by atoms with van der Waals surface area (Å²) < 4.78 is 10.8. The average Bonchev–Trinajstić information content (AvgIpc) is 2.74. The Balaban J connectivity index is 1.53. The summed E-state index contributed by atoms with van der Waals surface area (Å²) in [6.45, 7) is 6.44. The molecule has 2 aromatic rings. The molecular weight excluding hydrogens is 352 g/mol.